The molecule has 0 saturated heterocycles. The molecule has 0 saturated carbocycles. The largest absolute Gasteiger partial charge is 0.311 e. The Kier molecular flexibility index (Phi) is 8.30. The van der Waals surface area contributed by atoms with Gasteiger partial charge < -0.3 is 5.32 Å². The summed E-state index contributed by atoms with van der Waals surface area (Å²) in [5.41, 5.74) is 2.43. The summed E-state index contributed by atoms with van der Waals surface area (Å²) in [6.45, 7) is 9.53. The van der Waals surface area contributed by atoms with Crippen molar-refractivity contribution in [3.8, 4) is 0 Å². The Morgan fingerprint density at radius 1 is 1.31 bits per heavy atom. The van der Waals surface area contributed by atoms with Gasteiger partial charge in [-0.05, 0) is 32.4 Å². The number of unbranched alkanes of at least 4 members (excludes halogenated alkanes) is 1. The fourth-order valence-electron chi connectivity index (χ4n) is 1.67. The lowest BCUT2D eigenvalue weighted by atomic mass is 10.3. The molecular formula is C12H24ClN3. The molecule has 16 heavy (non-hydrogen) atoms. The molecule has 0 aliphatic carbocycles. The first-order valence-electron chi connectivity index (χ1n) is 6.02. The molecule has 0 radical (unpaired) electrons. The highest BCUT2D eigenvalue weighted by Crippen LogP contribution is 2.04. The van der Waals surface area contributed by atoms with Gasteiger partial charge >= 0.3 is 0 Å². The highest BCUT2D eigenvalue weighted by Gasteiger charge is 2.03. The molecule has 0 bridgehead atoms. The molecule has 0 spiro atoms. The standard InChI is InChI=1S/C12H23N3.ClH/c1-4-6-7-13-10-12-9-11(3)14-15(12)8-5-2;/h9,13H,4-8,10H2,1-3H3;1H. The quantitative estimate of drug-likeness (QED) is 0.749. The van der Waals surface area contributed by atoms with E-state index < -0.39 is 0 Å². The number of nitrogens with zero attached hydrogens (tertiary/aromatic N) is 2. The fourth-order valence-corrected chi connectivity index (χ4v) is 1.67. The van der Waals surface area contributed by atoms with Gasteiger partial charge in [0, 0.05) is 13.1 Å². The summed E-state index contributed by atoms with van der Waals surface area (Å²) in [4.78, 5) is 0. The maximum atomic E-state index is 4.48. The minimum Gasteiger partial charge on any atom is -0.311 e. The van der Waals surface area contributed by atoms with Gasteiger partial charge in [0.05, 0.1) is 11.4 Å². The van der Waals surface area contributed by atoms with Crippen LogP contribution in [0.5, 0.6) is 0 Å². The van der Waals surface area contributed by atoms with Gasteiger partial charge in [-0.25, -0.2) is 0 Å². The summed E-state index contributed by atoms with van der Waals surface area (Å²) in [5.74, 6) is 0. The third-order valence-corrected chi connectivity index (χ3v) is 2.43. The topological polar surface area (TPSA) is 29.9 Å². The van der Waals surface area contributed by atoms with Crippen molar-refractivity contribution < 1.29 is 0 Å². The maximum Gasteiger partial charge on any atom is 0.0597 e. The zero-order valence-corrected chi connectivity index (χ0v) is 11.4. The third kappa shape index (κ3) is 4.99. The Morgan fingerprint density at radius 2 is 2.06 bits per heavy atom. The molecule has 0 atom stereocenters. The number of hydrogen-bond donors (Lipinski definition) is 1. The van der Waals surface area contributed by atoms with E-state index in [9.17, 15) is 0 Å². The van der Waals surface area contributed by atoms with Crippen molar-refractivity contribution >= 4 is 12.4 Å². The van der Waals surface area contributed by atoms with E-state index in [0.29, 0.717) is 0 Å². The second-order valence-electron chi connectivity index (χ2n) is 4.03. The zero-order chi connectivity index (χ0) is 11.1. The van der Waals surface area contributed by atoms with Gasteiger partial charge in [-0.1, -0.05) is 20.3 Å². The first kappa shape index (κ1) is 15.5. The van der Waals surface area contributed by atoms with Crippen LogP contribution in [0, 0.1) is 6.92 Å². The monoisotopic (exact) mass is 245 g/mol. The van der Waals surface area contributed by atoms with Crippen molar-refractivity contribution in [3.05, 3.63) is 17.5 Å². The van der Waals surface area contributed by atoms with E-state index in [1.54, 1.807) is 0 Å². The highest BCUT2D eigenvalue weighted by molar-refractivity contribution is 5.85. The van der Waals surface area contributed by atoms with Gasteiger partial charge in [0.2, 0.25) is 0 Å². The van der Waals surface area contributed by atoms with Crippen LogP contribution in [-0.4, -0.2) is 16.3 Å². The number of aromatic nitrogens is 2. The van der Waals surface area contributed by atoms with Crippen molar-refractivity contribution in [3.63, 3.8) is 0 Å². The summed E-state index contributed by atoms with van der Waals surface area (Å²) < 4.78 is 2.12. The van der Waals surface area contributed by atoms with E-state index in [4.69, 9.17) is 0 Å². The molecular weight excluding hydrogens is 222 g/mol. The van der Waals surface area contributed by atoms with Crippen LogP contribution in [0.1, 0.15) is 44.5 Å². The first-order chi connectivity index (χ1) is 7.27. The lowest BCUT2D eigenvalue weighted by molar-refractivity contribution is 0.542. The van der Waals surface area contributed by atoms with Crippen LogP contribution in [0.25, 0.3) is 0 Å². The summed E-state index contributed by atoms with van der Waals surface area (Å²) >= 11 is 0. The lowest BCUT2D eigenvalue weighted by Crippen LogP contribution is -2.17. The predicted molar refractivity (Wildman–Crippen MR) is 71.1 cm³/mol. The Morgan fingerprint density at radius 3 is 2.69 bits per heavy atom. The molecule has 0 fully saturated rings. The van der Waals surface area contributed by atoms with Crippen molar-refractivity contribution in [1.82, 2.24) is 15.1 Å². The fraction of sp³-hybridized carbons (Fsp3) is 0.750. The normalized spacial score (nSPS) is 10.2. The molecule has 1 aromatic rings. The van der Waals surface area contributed by atoms with Crippen LogP contribution in [0.15, 0.2) is 6.07 Å². The maximum absolute atomic E-state index is 4.48. The van der Waals surface area contributed by atoms with Crippen molar-refractivity contribution in [1.29, 1.82) is 0 Å². The van der Waals surface area contributed by atoms with Gasteiger partial charge in [0.25, 0.3) is 0 Å². The smallest absolute Gasteiger partial charge is 0.0597 e. The van der Waals surface area contributed by atoms with E-state index >= 15 is 0 Å². The molecule has 1 rings (SSSR count). The van der Waals surface area contributed by atoms with Gasteiger partial charge in [-0.2, -0.15) is 5.10 Å². The molecule has 0 aliphatic heterocycles. The van der Waals surface area contributed by atoms with E-state index in [-0.39, 0.29) is 12.4 Å². The second-order valence-corrected chi connectivity index (χ2v) is 4.03. The second kappa shape index (κ2) is 8.59. The summed E-state index contributed by atoms with van der Waals surface area (Å²) in [5, 5.41) is 7.93. The average molecular weight is 246 g/mol. The first-order valence-corrected chi connectivity index (χ1v) is 6.02. The van der Waals surface area contributed by atoms with E-state index in [1.165, 1.54) is 18.5 Å². The highest BCUT2D eigenvalue weighted by atomic mass is 35.5. The van der Waals surface area contributed by atoms with Gasteiger partial charge in [-0.3, -0.25) is 4.68 Å². The predicted octanol–water partition coefficient (Wildman–Crippen LogP) is 2.91. The van der Waals surface area contributed by atoms with Crippen molar-refractivity contribution in [2.45, 2.75) is 53.1 Å². The number of nitrogens with one attached hydrogen (secondary N) is 1. The minimum absolute atomic E-state index is 0. The Labute approximate surface area is 105 Å². The summed E-state index contributed by atoms with van der Waals surface area (Å²) in [7, 11) is 0. The zero-order valence-electron chi connectivity index (χ0n) is 10.6. The Balaban J connectivity index is 0.00000225. The summed E-state index contributed by atoms with van der Waals surface area (Å²) in [6, 6.07) is 2.18. The summed E-state index contributed by atoms with van der Waals surface area (Å²) in [6.07, 6.45) is 3.64. The molecule has 0 aromatic carbocycles. The van der Waals surface area contributed by atoms with E-state index in [0.717, 1.165) is 31.7 Å². The van der Waals surface area contributed by atoms with E-state index in [1.807, 2.05) is 0 Å². The number of halogens is 1. The van der Waals surface area contributed by atoms with Crippen molar-refractivity contribution in [2.24, 2.45) is 0 Å². The SMILES string of the molecule is CCCCNCc1cc(C)nn1CCC.Cl. The van der Waals surface area contributed by atoms with Gasteiger partial charge in [-0.15, -0.1) is 12.4 Å². The average Bonchev–Trinajstić information content (AvgIpc) is 2.55. The number of rotatable bonds is 7. The van der Waals surface area contributed by atoms with Crippen LogP contribution in [0.2, 0.25) is 0 Å². The molecule has 1 heterocycles. The number of aryl methyl sites for hydroxylation is 2. The molecule has 94 valence electrons. The van der Waals surface area contributed by atoms with Crippen LogP contribution in [-0.2, 0) is 13.1 Å². The van der Waals surface area contributed by atoms with Crippen LogP contribution >= 0.6 is 12.4 Å². The Bertz CT molecular complexity index is 284. The molecule has 0 unspecified atom stereocenters. The Hall–Kier alpha value is -0.540. The molecule has 1 aromatic heterocycles. The van der Waals surface area contributed by atoms with Crippen LogP contribution in [0.4, 0.5) is 0 Å². The molecule has 0 aliphatic rings. The van der Waals surface area contributed by atoms with Crippen LogP contribution < -0.4 is 5.32 Å². The molecule has 3 nitrogen and oxygen atoms in total. The van der Waals surface area contributed by atoms with E-state index in [2.05, 4.69) is 41.9 Å². The van der Waals surface area contributed by atoms with Crippen LogP contribution in [0.3, 0.4) is 0 Å². The third-order valence-electron chi connectivity index (χ3n) is 2.43. The molecule has 0 amide bonds. The lowest BCUT2D eigenvalue weighted by Gasteiger charge is -2.06. The number of hydrogen-bond acceptors (Lipinski definition) is 2. The minimum atomic E-state index is 0. The van der Waals surface area contributed by atoms with Crippen molar-refractivity contribution in [2.75, 3.05) is 6.54 Å². The van der Waals surface area contributed by atoms with Gasteiger partial charge in [0.1, 0.15) is 0 Å². The molecule has 1 N–H and O–H groups in total. The van der Waals surface area contributed by atoms with Gasteiger partial charge in [0.15, 0.2) is 0 Å². The molecule has 4 heteroatoms.